The van der Waals surface area contributed by atoms with Crippen LogP contribution in [-0.4, -0.2) is 36.5 Å². The Morgan fingerprint density at radius 2 is 1.81 bits per heavy atom. The summed E-state index contributed by atoms with van der Waals surface area (Å²) >= 11 is 0. The number of ether oxygens (including phenoxy) is 1. The van der Waals surface area contributed by atoms with Crippen LogP contribution in [0.15, 0.2) is 30.3 Å². The molecule has 1 fully saturated rings. The number of nitrogens with zero attached hydrogens (tertiary/aromatic N) is 1. The van der Waals surface area contributed by atoms with Crippen molar-refractivity contribution in [3.05, 3.63) is 35.9 Å². The maximum Gasteiger partial charge on any atom is 0.309 e. The number of carbonyl (C=O) groups excluding carboxylic acids is 2. The lowest BCUT2D eigenvalue weighted by Gasteiger charge is -2.31. The number of hydrogen-bond acceptors (Lipinski definition) is 3. The molecule has 1 heterocycles. The summed E-state index contributed by atoms with van der Waals surface area (Å²) in [7, 11) is 0. The standard InChI is InChI=1S/C17H23NO3/c1-13(2)12-21-17(20)15-8-10-18(11-9-15)16(19)14-6-4-3-5-7-14/h3-7,13,15H,8-12H2,1-2H3. The number of carbonyl (C=O) groups is 2. The van der Waals surface area contributed by atoms with Gasteiger partial charge in [0.2, 0.25) is 0 Å². The minimum absolute atomic E-state index is 0.0459. The van der Waals surface area contributed by atoms with Crippen LogP contribution in [0.25, 0.3) is 0 Å². The van der Waals surface area contributed by atoms with Crippen molar-refractivity contribution >= 4 is 11.9 Å². The molecule has 1 saturated heterocycles. The summed E-state index contributed by atoms with van der Waals surface area (Å²) in [6.07, 6.45) is 1.38. The van der Waals surface area contributed by atoms with Gasteiger partial charge in [0.15, 0.2) is 0 Å². The molecule has 1 aliphatic heterocycles. The van der Waals surface area contributed by atoms with Gasteiger partial charge >= 0.3 is 5.97 Å². The van der Waals surface area contributed by atoms with Gasteiger partial charge in [-0.15, -0.1) is 0 Å². The van der Waals surface area contributed by atoms with Crippen LogP contribution in [0.3, 0.4) is 0 Å². The number of likely N-dealkylation sites (tertiary alicyclic amines) is 1. The van der Waals surface area contributed by atoms with Crippen molar-refractivity contribution in [3.8, 4) is 0 Å². The molecule has 2 rings (SSSR count). The molecular formula is C17H23NO3. The van der Waals surface area contributed by atoms with Crippen molar-refractivity contribution in [2.45, 2.75) is 26.7 Å². The van der Waals surface area contributed by atoms with E-state index in [1.807, 2.05) is 49.1 Å². The highest BCUT2D eigenvalue weighted by Gasteiger charge is 2.28. The average Bonchev–Trinajstić information content (AvgIpc) is 2.53. The van der Waals surface area contributed by atoms with Crippen LogP contribution in [-0.2, 0) is 9.53 Å². The van der Waals surface area contributed by atoms with E-state index in [2.05, 4.69) is 0 Å². The van der Waals surface area contributed by atoms with Crippen molar-refractivity contribution in [2.24, 2.45) is 11.8 Å². The fraction of sp³-hybridized carbons (Fsp3) is 0.529. The van der Waals surface area contributed by atoms with Gasteiger partial charge in [-0.3, -0.25) is 9.59 Å². The lowest BCUT2D eigenvalue weighted by molar-refractivity contribution is -0.151. The smallest absolute Gasteiger partial charge is 0.309 e. The Bertz CT molecular complexity index is 476. The van der Waals surface area contributed by atoms with Crippen LogP contribution in [0.1, 0.15) is 37.0 Å². The second-order valence-electron chi connectivity index (χ2n) is 5.96. The van der Waals surface area contributed by atoms with E-state index in [0.29, 0.717) is 44.0 Å². The normalized spacial score (nSPS) is 16.0. The number of hydrogen-bond donors (Lipinski definition) is 0. The van der Waals surface area contributed by atoms with Crippen LogP contribution in [0.5, 0.6) is 0 Å². The third kappa shape index (κ3) is 4.31. The Labute approximate surface area is 126 Å². The first-order valence-corrected chi connectivity index (χ1v) is 7.59. The predicted octanol–water partition coefficient (Wildman–Crippen LogP) is 2.74. The molecule has 1 aromatic rings. The van der Waals surface area contributed by atoms with Crippen molar-refractivity contribution in [1.29, 1.82) is 0 Å². The Kier molecular flexibility index (Phi) is 5.37. The molecule has 0 saturated carbocycles. The number of rotatable bonds is 4. The van der Waals surface area contributed by atoms with Gasteiger partial charge in [-0.25, -0.2) is 0 Å². The summed E-state index contributed by atoms with van der Waals surface area (Å²) < 4.78 is 5.28. The minimum atomic E-state index is -0.115. The van der Waals surface area contributed by atoms with E-state index in [1.54, 1.807) is 0 Å². The molecule has 0 aromatic heterocycles. The van der Waals surface area contributed by atoms with E-state index in [-0.39, 0.29) is 17.8 Å². The van der Waals surface area contributed by atoms with Crippen molar-refractivity contribution < 1.29 is 14.3 Å². The summed E-state index contributed by atoms with van der Waals surface area (Å²) in [4.78, 5) is 26.0. The zero-order valence-electron chi connectivity index (χ0n) is 12.7. The Morgan fingerprint density at radius 1 is 1.19 bits per heavy atom. The molecule has 1 aromatic carbocycles. The van der Waals surface area contributed by atoms with Crippen LogP contribution in [0.2, 0.25) is 0 Å². The number of benzene rings is 1. The highest BCUT2D eigenvalue weighted by atomic mass is 16.5. The third-order valence-electron chi connectivity index (χ3n) is 3.70. The van der Waals surface area contributed by atoms with Crippen molar-refractivity contribution in [1.82, 2.24) is 4.90 Å². The first-order valence-electron chi connectivity index (χ1n) is 7.59. The van der Waals surface area contributed by atoms with Gasteiger partial charge in [-0.2, -0.15) is 0 Å². The van der Waals surface area contributed by atoms with E-state index in [1.165, 1.54) is 0 Å². The summed E-state index contributed by atoms with van der Waals surface area (Å²) in [5.41, 5.74) is 0.707. The van der Waals surface area contributed by atoms with Crippen LogP contribution in [0, 0.1) is 11.8 Å². The zero-order valence-corrected chi connectivity index (χ0v) is 12.7. The van der Waals surface area contributed by atoms with Gasteiger partial charge in [0, 0.05) is 18.7 Å². The van der Waals surface area contributed by atoms with Crippen LogP contribution in [0.4, 0.5) is 0 Å². The van der Waals surface area contributed by atoms with Gasteiger partial charge in [-0.1, -0.05) is 32.0 Å². The molecule has 0 unspecified atom stereocenters. The van der Waals surface area contributed by atoms with Crippen LogP contribution < -0.4 is 0 Å². The van der Waals surface area contributed by atoms with Gasteiger partial charge in [-0.05, 0) is 30.9 Å². The van der Waals surface area contributed by atoms with Crippen LogP contribution >= 0.6 is 0 Å². The molecule has 4 nitrogen and oxygen atoms in total. The largest absolute Gasteiger partial charge is 0.465 e. The lowest BCUT2D eigenvalue weighted by Crippen LogP contribution is -2.40. The topological polar surface area (TPSA) is 46.6 Å². The molecule has 0 spiro atoms. The monoisotopic (exact) mass is 289 g/mol. The first-order chi connectivity index (χ1) is 10.1. The third-order valence-corrected chi connectivity index (χ3v) is 3.70. The van der Waals surface area contributed by atoms with Gasteiger partial charge < -0.3 is 9.64 Å². The van der Waals surface area contributed by atoms with Crippen molar-refractivity contribution in [2.75, 3.05) is 19.7 Å². The number of piperidine rings is 1. The molecule has 0 N–H and O–H groups in total. The fourth-order valence-electron chi connectivity index (χ4n) is 2.45. The summed E-state index contributed by atoms with van der Waals surface area (Å²) in [6, 6.07) is 9.27. The lowest BCUT2D eigenvalue weighted by atomic mass is 9.96. The predicted molar refractivity (Wildman–Crippen MR) is 80.9 cm³/mol. The van der Waals surface area contributed by atoms with E-state index < -0.39 is 0 Å². The highest BCUT2D eigenvalue weighted by molar-refractivity contribution is 5.94. The molecule has 0 radical (unpaired) electrons. The number of amides is 1. The quantitative estimate of drug-likeness (QED) is 0.801. The van der Waals surface area contributed by atoms with Crippen molar-refractivity contribution in [3.63, 3.8) is 0 Å². The second kappa shape index (κ2) is 7.25. The average molecular weight is 289 g/mol. The zero-order chi connectivity index (χ0) is 15.2. The van der Waals surface area contributed by atoms with Gasteiger partial charge in [0.05, 0.1) is 12.5 Å². The summed E-state index contributed by atoms with van der Waals surface area (Å²) in [6.45, 7) is 5.76. The van der Waals surface area contributed by atoms with E-state index >= 15 is 0 Å². The number of esters is 1. The maximum atomic E-state index is 12.3. The fourth-order valence-corrected chi connectivity index (χ4v) is 2.45. The maximum absolute atomic E-state index is 12.3. The highest BCUT2D eigenvalue weighted by Crippen LogP contribution is 2.20. The molecular weight excluding hydrogens is 266 g/mol. The SMILES string of the molecule is CC(C)COC(=O)C1CCN(C(=O)c2ccccc2)CC1. The van der Waals surface area contributed by atoms with E-state index in [9.17, 15) is 9.59 Å². The van der Waals surface area contributed by atoms with Gasteiger partial charge in [0.25, 0.3) is 5.91 Å². The van der Waals surface area contributed by atoms with Gasteiger partial charge in [0.1, 0.15) is 0 Å². The molecule has 1 amide bonds. The molecule has 1 aliphatic rings. The molecule has 21 heavy (non-hydrogen) atoms. The summed E-state index contributed by atoms with van der Waals surface area (Å²) in [5.74, 6) is 0.220. The molecule has 0 atom stereocenters. The molecule has 114 valence electrons. The Balaban J connectivity index is 1.83. The Morgan fingerprint density at radius 3 is 2.38 bits per heavy atom. The van der Waals surface area contributed by atoms with E-state index in [4.69, 9.17) is 4.74 Å². The second-order valence-corrected chi connectivity index (χ2v) is 5.96. The molecule has 0 aliphatic carbocycles. The molecule has 4 heteroatoms. The first kappa shape index (κ1) is 15.5. The Hall–Kier alpha value is -1.84. The van der Waals surface area contributed by atoms with E-state index in [0.717, 1.165) is 0 Å². The summed E-state index contributed by atoms with van der Waals surface area (Å²) in [5, 5.41) is 0. The minimum Gasteiger partial charge on any atom is -0.465 e. The molecule has 0 bridgehead atoms.